The van der Waals surface area contributed by atoms with E-state index < -0.39 is 0 Å². The highest BCUT2D eigenvalue weighted by molar-refractivity contribution is 7.16. The zero-order chi connectivity index (χ0) is 9.64. The summed E-state index contributed by atoms with van der Waals surface area (Å²) in [7, 11) is 0. The second kappa shape index (κ2) is 4.83. The van der Waals surface area contributed by atoms with E-state index in [2.05, 4.69) is 16.0 Å². The average Bonchev–Trinajstić information content (AvgIpc) is 2.92. The van der Waals surface area contributed by atoms with Gasteiger partial charge in [0.25, 0.3) is 0 Å². The number of fused-ring (bicyclic) bond motifs is 1. The molecule has 0 aliphatic heterocycles. The molecule has 0 unspecified atom stereocenters. The first-order chi connectivity index (χ1) is 6.97. The highest BCUT2D eigenvalue weighted by atomic mass is 32.1. The molecule has 0 saturated carbocycles. The van der Waals surface area contributed by atoms with Gasteiger partial charge in [0.2, 0.25) is 0 Å². The Kier molecular flexibility index (Phi) is 3.21. The van der Waals surface area contributed by atoms with Crippen LogP contribution in [0.4, 0.5) is 0 Å². The van der Waals surface area contributed by atoms with Gasteiger partial charge in [0.1, 0.15) is 0 Å². The highest BCUT2D eigenvalue weighted by Gasteiger charge is 1.89. The van der Waals surface area contributed by atoms with Gasteiger partial charge in [0.05, 0.1) is 21.2 Å². The van der Waals surface area contributed by atoms with E-state index >= 15 is 0 Å². The van der Waals surface area contributed by atoms with Gasteiger partial charge in [0, 0.05) is 11.6 Å². The Balaban J connectivity index is 0.000000128. The molecule has 3 aromatic rings. The van der Waals surface area contributed by atoms with Gasteiger partial charge in [0.15, 0.2) is 0 Å². The molecule has 2 heterocycles. The number of benzene rings is 1. The quantitative estimate of drug-likeness (QED) is 0.580. The first kappa shape index (κ1) is 9.30. The summed E-state index contributed by atoms with van der Waals surface area (Å²) < 4.78 is 1.26. The standard InChI is InChI=1S/C7H5NS.C3H3NS/c1-2-4-7-6(3-1)8-5-9-7;1-2-5-3-4-1/h1-5H;1-3H. The van der Waals surface area contributed by atoms with Crippen molar-refractivity contribution < 1.29 is 0 Å². The number of thiazole rings is 2. The molecular weight excluding hydrogens is 212 g/mol. The number of aromatic nitrogens is 2. The molecule has 0 aliphatic carbocycles. The molecule has 70 valence electrons. The molecule has 0 amide bonds. The van der Waals surface area contributed by atoms with E-state index in [4.69, 9.17) is 0 Å². The Bertz CT molecular complexity index is 426. The van der Waals surface area contributed by atoms with E-state index in [0.717, 1.165) is 5.52 Å². The summed E-state index contributed by atoms with van der Waals surface area (Å²) in [6, 6.07) is 8.13. The van der Waals surface area contributed by atoms with E-state index in [1.807, 2.05) is 29.1 Å². The second-order valence-electron chi connectivity index (χ2n) is 2.50. The predicted molar refractivity (Wildman–Crippen MR) is 61.7 cm³/mol. The van der Waals surface area contributed by atoms with Crippen LogP contribution in [0.15, 0.2) is 46.9 Å². The summed E-state index contributed by atoms with van der Waals surface area (Å²) in [6.07, 6.45) is 1.77. The molecule has 0 fully saturated rings. The van der Waals surface area contributed by atoms with Crippen molar-refractivity contribution >= 4 is 32.9 Å². The van der Waals surface area contributed by atoms with E-state index in [1.54, 1.807) is 34.4 Å². The number of para-hydroxylation sites is 1. The third-order valence-electron chi connectivity index (χ3n) is 1.58. The van der Waals surface area contributed by atoms with Crippen LogP contribution in [0, 0.1) is 0 Å². The number of rotatable bonds is 0. The zero-order valence-electron chi connectivity index (χ0n) is 7.33. The third-order valence-corrected chi connectivity index (χ3v) is 2.92. The summed E-state index contributed by atoms with van der Waals surface area (Å²) in [6.45, 7) is 0. The van der Waals surface area contributed by atoms with Crippen LogP contribution in [0.3, 0.4) is 0 Å². The van der Waals surface area contributed by atoms with Crippen LogP contribution < -0.4 is 0 Å². The van der Waals surface area contributed by atoms with E-state index in [9.17, 15) is 0 Å². The van der Waals surface area contributed by atoms with Crippen molar-refractivity contribution in [1.82, 2.24) is 9.97 Å². The first-order valence-corrected chi connectivity index (χ1v) is 5.89. The van der Waals surface area contributed by atoms with Crippen molar-refractivity contribution in [2.75, 3.05) is 0 Å². The molecule has 1 aromatic carbocycles. The normalized spacial score (nSPS) is 9.43. The average molecular weight is 220 g/mol. The maximum atomic E-state index is 4.14. The van der Waals surface area contributed by atoms with Crippen LogP contribution in [0.2, 0.25) is 0 Å². The summed E-state index contributed by atoms with van der Waals surface area (Å²) >= 11 is 3.28. The lowest BCUT2D eigenvalue weighted by molar-refractivity contribution is 1.43. The van der Waals surface area contributed by atoms with Gasteiger partial charge in [-0.2, -0.15) is 0 Å². The SMILES string of the molecule is c1ccc2scnc2c1.c1cscn1. The predicted octanol–water partition coefficient (Wildman–Crippen LogP) is 3.44. The lowest BCUT2D eigenvalue weighted by atomic mass is 10.3. The summed E-state index contributed by atoms with van der Waals surface area (Å²) in [4.78, 5) is 7.88. The van der Waals surface area contributed by atoms with E-state index in [0.29, 0.717) is 0 Å². The molecule has 14 heavy (non-hydrogen) atoms. The Morgan fingerprint density at radius 3 is 2.64 bits per heavy atom. The van der Waals surface area contributed by atoms with Gasteiger partial charge in [-0.15, -0.1) is 22.7 Å². The Morgan fingerprint density at radius 2 is 2.00 bits per heavy atom. The first-order valence-electron chi connectivity index (χ1n) is 4.07. The molecule has 0 bridgehead atoms. The molecule has 4 heteroatoms. The molecule has 0 radical (unpaired) electrons. The highest BCUT2D eigenvalue weighted by Crippen LogP contribution is 2.15. The minimum Gasteiger partial charge on any atom is -0.253 e. The number of hydrogen-bond donors (Lipinski definition) is 0. The smallest absolute Gasteiger partial charge is 0.0812 e. The van der Waals surface area contributed by atoms with Crippen LogP contribution >= 0.6 is 22.7 Å². The maximum Gasteiger partial charge on any atom is 0.0812 e. The summed E-state index contributed by atoms with van der Waals surface area (Å²) in [5, 5.41) is 1.93. The van der Waals surface area contributed by atoms with Crippen LogP contribution in [0.5, 0.6) is 0 Å². The van der Waals surface area contributed by atoms with Crippen LogP contribution in [0.1, 0.15) is 0 Å². The van der Waals surface area contributed by atoms with Gasteiger partial charge in [-0.25, -0.2) is 4.98 Å². The van der Waals surface area contributed by atoms with Gasteiger partial charge in [-0.1, -0.05) is 12.1 Å². The lowest BCUT2D eigenvalue weighted by Gasteiger charge is -1.80. The van der Waals surface area contributed by atoms with Gasteiger partial charge in [-0.05, 0) is 12.1 Å². The maximum absolute atomic E-state index is 4.14. The summed E-state index contributed by atoms with van der Waals surface area (Å²) in [5.41, 5.74) is 4.76. The van der Waals surface area contributed by atoms with Gasteiger partial charge in [-0.3, -0.25) is 4.98 Å². The largest absolute Gasteiger partial charge is 0.253 e. The van der Waals surface area contributed by atoms with Crippen LogP contribution in [0.25, 0.3) is 10.2 Å². The van der Waals surface area contributed by atoms with Crippen molar-refractivity contribution in [2.24, 2.45) is 0 Å². The fourth-order valence-electron chi connectivity index (χ4n) is 0.979. The fourth-order valence-corrected chi connectivity index (χ4v) is 2.01. The molecule has 3 rings (SSSR count). The minimum atomic E-state index is 1.10. The van der Waals surface area contributed by atoms with E-state index in [-0.39, 0.29) is 0 Å². The molecule has 0 atom stereocenters. The molecule has 0 spiro atoms. The second-order valence-corrected chi connectivity index (χ2v) is 4.14. The van der Waals surface area contributed by atoms with Crippen molar-refractivity contribution in [1.29, 1.82) is 0 Å². The van der Waals surface area contributed by atoms with Gasteiger partial charge < -0.3 is 0 Å². The van der Waals surface area contributed by atoms with Crippen molar-refractivity contribution in [3.05, 3.63) is 46.9 Å². The van der Waals surface area contributed by atoms with Gasteiger partial charge >= 0.3 is 0 Å². The number of nitrogens with zero attached hydrogens (tertiary/aromatic N) is 2. The molecule has 2 nitrogen and oxygen atoms in total. The Morgan fingerprint density at radius 1 is 1.07 bits per heavy atom. The summed E-state index contributed by atoms with van der Waals surface area (Å²) in [5.74, 6) is 0. The van der Waals surface area contributed by atoms with Crippen molar-refractivity contribution in [2.45, 2.75) is 0 Å². The molecule has 0 aliphatic rings. The third kappa shape index (κ3) is 2.37. The molecule has 2 aromatic heterocycles. The molecular formula is C10H8N2S2. The van der Waals surface area contributed by atoms with Crippen LogP contribution in [-0.4, -0.2) is 9.97 Å². The van der Waals surface area contributed by atoms with E-state index in [1.165, 1.54) is 4.70 Å². The van der Waals surface area contributed by atoms with Crippen molar-refractivity contribution in [3.63, 3.8) is 0 Å². The Labute approximate surface area is 89.9 Å². The minimum absolute atomic E-state index is 1.10. The lowest BCUT2D eigenvalue weighted by Crippen LogP contribution is -1.61. The Hall–Kier alpha value is -1.26. The monoisotopic (exact) mass is 220 g/mol. The topological polar surface area (TPSA) is 25.8 Å². The van der Waals surface area contributed by atoms with Crippen LogP contribution in [-0.2, 0) is 0 Å². The number of hydrogen-bond acceptors (Lipinski definition) is 4. The molecule has 0 saturated heterocycles. The zero-order valence-corrected chi connectivity index (χ0v) is 8.96. The fraction of sp³-hybridized carbons (Fsp3) is 0. The molecule has 0 N–H and O–H groups in total. The van der Waals surface area contributed by atoms with Crippen molar-refractivity contribution in [3.8, 4) is 0 Å².